The number of hydrogen-bond acceptors (Lipinski definition) is 2. The zero-order valence-corrected chi connectivity index (χ0v) is 13.0. The summed E-state index contributed by atoms with van der Waals surface area (Å²) >= 11 is 0. The van der Waals surface area contributed by atoms with Gasteiger partial charge in [-0.15, -0.1) is 0 Å². The van der Waals surface area contributed by atoms with Crippen LogP contribution in [0.1, 0.15) is 36.2 Å². The second-order valence-corrected chi connectivity index (χ2v) is 5.95. The molecule has 3 heteroatoms. The van der Waals surface area contributed by atoms with Crippen LogP contribution in [0.4, 0.5) is 0 Å². The maximum atomic E-state index is 4.60. The van der Waals surface area contributed by atoms with Crippen molar-refractivity contribution in [2.75, 3.05) is 6.54 Å². The lowest BCUT2D eigenvalue weighted by molar-refractivity contribution is 0.551. The Morgan fingerprint density at radius 2 is 1.85 bits per heavy atom. The highest BCUT2D eigenvalue weighted by atomic mass is 15.3. The summed E-state index contributed by atoms with van der Waals surface area (Å²) in [5, 5.41) is 8.08. The normalized spacial score (nSPS) is 11.2. The molecule has 0 saturated heterocycles. The molecule has 1 N–H and O–H groups in total. The van der Waals surface area contributed by atoms with Crippen molar-refractivity contribution in [1.29, 1.82) is 0 Å². The SMILES string of the molecule is Cc1ccc(Cn2cc(CNCC(C)C)c(C)n2)cc1. The molecule has 0 amide bonds. The molecule has 0 aliphatic rings. The minimum atomic E-state index is 0.679. The van der Waals surface area contributed by atoms with Gasteiger partial charge in [-0.3, -0.25) is 4.68 Å². The Balaban J connectivity index is 1.97. The van der Waals surface area contributed by atoms with E-state index < -0.39 is 0 Å². The van der Waals surface area contributed by atoms with E-state index in [-0.39, 0.29) is 0 Å². The Bertz CT molecular complexity index is 538. The van der Waals surface area contributed by atoms with E-state index in [2.05, 4.69) is 68.6 Å². The molecule has 3 nitrogen and oxygen atoms in total. The first kappa shape index (κ1) is 14.8. The molecule has 0 bridgehead atoms. The molecule has 0 aliphatic heterocycles. The van der Waals surface area contributed by atoms with Crippen molar-refractivity contribution in [3.8, 4) is 0 Å². The quantitative estimate of drug-likeness (QED) is 0.873. The summed E-state index contributed by atoms with van der Waals surface area (Å²) < 4.78 is 2.03. The van der Waals surface area contributed by atoms with E-state index >= 15 is 0 Å². The monoisotopic (exact) mass is 271 g/mol. The summed E-state index contributed by atoms with van der Waals surface area (Å²) in [5.74, 6) is 0.679. The molecule has 1 aromatic carbocycles. The van der Waals surface area contributed by atoms with E-state index in [1.54, 1.807) is 0 Å². The van der Waals surface area contributed by atoms with Crippen LogP contribution in [-0.2, 0) is 13.1 Å². The van der Waals surface area contributed by atoms with Gasteiger partial charge in [0.05, 0.1) is 12.2 Å². The van der Waals surface area contributed by atoms with Gasteiger partial charge in [-0.2, -0.15) is 5.10 Å². The molecule has 1 heterocycles. The number of aromatic nitrogens is 2. The van der Waals surface area contributed by atoms with Crippen LogP contribution in [-0.4, -0.2) is 16.3 Å². The first-order valence-corrected chi connectivity index (χ1v) is 7.34. The summed E-state index contributed by atoms with van der Waals surface area (Å²) in [7, 11) is 0. The van der Waals surface area contributed by atoms with Crippen molar-refractivity contribution >= 4 is 0 Å². The van der Waals surface area contributed by atoms with Crippen molar-refractivity contribution in [1.82, 2.24) is 15.1 Å². The minimum Gasteiger partial charge on any atom is -0.312 e. The molecule has 2 aromatic rings. The fraction of sp³-hybridized carbons (Fsp3) is 0.471. The van der Waals surface area contributed by atoms with Crippen molar-refractivity contribution < 1.29 is 0 Å². The number of aryl methyl sites for hydroxylation is 2. The van der Waals surface area contributed by atoms with Crippen LogP contribution >= 0.6 is 0 Å². The van der Waals surface area contributed by atoms with E-state index in [9.17, 15) is 0 Å². The molecule has 0 aliphatic carbocycles. The zero-order chi connectivity index (χ0) is 14.5. The van der Waals surface area contributed by atoms with E-state index in [1.165, 1.54) is 16.7 Å². The first-order chi connectivity index (χ1) is 9.54. The zero-order valence-electron chi connectivity index (χ0n) is 13.0. The smallest absolute Gasteiger partial charge is 0.0659 e. The second-order valence-electron chi connectivity index (χ2n) is 5.95. The van der Waals surface area contributed by atoms with Gasteiger partial charge in [0, 0.05) is 18.3 Å². The Morgan fingerprint density at radius 3 is 2.50 bits per heavy atom. The number of nitrogens with one attached hydrogen (secondary N) is 1. The third-order valence-corrected chi connectivity index (χ3v) is 3.38. The number of rotatable bonds is 6. The molecule has 1 aromatic heterocycles. The molecular weight excluding hydrogens is 246 g/mol. The maximum Gasteiger partial charge on any atom is 0.0659 e. The van der Waals surface area contributed by atoms with Gasteiger partial charge in [-0.25, -0.2) is 0 Å². The van der Waals surface area contributed by atoms with Crippen molar-refractivity contribution in [3.05, 3.63) is 52.8 Å². The summed E-state index contributed by atoms with van der Waals surface area (Å²) in [6.07, 6.45) is 2.16. The highest BCUT2D eigenvalue weighted by Gasteiger charge is 2.05. The van der Waals surface area contributed by atoms with E-state index in [4.69, 9.17) is 0 Å². The number of nitrogens with zero attached hydrogens (tertiary/aromatic N) is 2. The van der Waals surface area contributed by atoms with Gasteiger partial charge in [0.2, 0.25) is 0 Å². The highest BCUT2D eigenvalue weighted by Crippen LogP contribution is 2.09. The van der Waals surface area contributed by atoms with Crippen molar-refractivity contribution in [2.45, 2.75) is 40.8 Å². The molecule has 20 heavy (non-hydrogen) atoms. The fourth-order valence-electron chi connectivity index (χ4n) is 2.19. The van der Waals surface area contributed by atoms with Gasteiger partial charge in [0.25, 0.3) is 0 Å². The van der Waals surface area contributed by atoms with Gasteiger partial charge in [-0.1, -0.05) is 43.7 Å². The van der Waals surface area contributed by atoms with Gasteiger partial charge in [-0.05, 0) is 31.9 Å². The highest BCUT2D eigenvalue weighted by molar-refractivity contribution is 5.22. The summed E-state index contributed by atoms with van der Waals surface area (Å²) in [6, 6.07) is 8.64. The van der Waals surface area contributed by atoms with Crippen LogP contribution in [0.5, 0.6) is 0 Å². The summed E-state index contributed by atoms with van der Waals surface area (Å²) in [4.78, 5) is 0. The average molecular weight is 271 g/mol. The van der Waals surface area contributed by atoms with Crippen LogP contribution in [0.3, 0.4) is 0 Å². The molecule has 2 rings (SSSR count). The number of benzene rings is 1. The molecule has 0 saturated carbocycles. The molecule has 0 unspecified atom stereocenters. The average Bonchev–Trinajstić information content (AvgIpc) is 2.72. The predicted octanol–water partition coefficient (Wildman–Crippen LogP) is 3.29. The Labute approximate surface area is 122 Å². The topological polar surface area (TPSA) is 29.9 Å². The van der Waals surface area contributed by atoms with Crippen LogP contribution in [0.2, 0.25) is 0 Å². The standard InChI is InChI=1S/C17H25N3/c1-13(2)9-18-10-17-12-20(19-15(17)4)11-16-7-5-14(3)6-8-16/h5-8,12-13,18H,9-11H2,1-4H3. The minimum absolute atomic E-state index is 0.679. The lowest BCUT2D eigenvalue weighted by Gasteiger charge is -2.06. The molecule has 0 spiro atoms. The maximum absolute atomic E-state index is 4.60. The van der Waals surface area contributed by atoms with Gasteiger partial charge in [0.15, 0.2) is 0 Å². The Morgan fingerprint density at radius 1 is 1.15 bits per heavy atom. The third kappa shape index (κ3) is 4.20. The molecule has 0 atom stereocenters. The van der Waals surface area contributed by atoms with Crippen molar-refractivity contribution in [2.24, 2.45) is 5.92 Å². The summed E-state index contributed by atoms with van der Waals surface area (Å²) in [5.41, 5.74) is 5.00. The van der Waals surface area contributed by atoms with Gasteiger partial charge in [0.1, 0.15) is 0 Å². The fourth-order valence-corrected chi connectivity index (χ4v) is 2.19. The van der Waals surface area contributed by atoms with E-state index in [0.29, 0.717) is 5.92 Å². The van der Waals surface area contributed by atoms with Crippen LogP contribution in [0, 0.1) is 19.8 Å². The number of hydrogen-bond donors (Lipinski definition) is 1. The third-order valence-electron chi connectivity index (χ3n) is 3.38. The van der Waals surface area contributed by atoms with Crippen LogP contribution < -0.4 is 5.32 Å². The van der Waals surface area contributed by atoms with Gasteiger partial charge < -0.3 is 5.32 Å². The first-order valence-electron chi connectivity index (χ1n) is 7.34. The lowest BCUT2D eigenvalue weighted by atomic mass is 10.1. The van der Waals surface area contributed by atoms with E-state index in [1.807, 2.05) is 4.68 Å². The predicted molar refractivity (Wildman–Crippen MR) is 83.8 cm³/mol. The largest absolute Gasteiger partial charge is 0.312 e. The lowest BCUT2D eigenvalue weighted by Crippen LogP contribution is -2.19. The summed E-state index contributed by atoms with van der Waals surface area (Å²) in [6.45, 7) is 11.4. The molecule has 0 radical (unpaired) electrons. The molecular formula is C17H25N3. The van der Waals surface area contributed by atoms with E-state index in [0.717, 1.165) is 25.3 Å². The van der Waals surface area contributed by atoms with Gasteiger partial charge >= 0.3 is 0 Å². The van der Waals surface area contributed by atoms with Crippen molar-refractivity contribution in [3.63, 3.8) is 0 Å². The Kier molecular flexibility index (Phi) is 4.96. The molecule has 0 fully saturated rings. The van der Waals surface area contributed by atoms with Crippen LogP contribution in [0.15, 0.2) is 30.5 Å². The van der Waals surface area contributed by atoms with Crippen LogP contribution in [0.25, 0.3) is 0 Å². The second kappa shape index (κ2) is 6.71. The molecule has 108 valence electrons. The Hall–Kier alpha value is -1.61.